The van der Waals surface area contributed by atoms with Gasteiger partial charge < -0.3 is 4.90 Å². The fraction of sp³-hybridized carbons (Fsp3) is 0.452. The second-order valence-corrected chi connectivity index (χ2v) is 14.1. The van der Waals surface area contributed by atoms with Gasteiger partial charge in [-0.05, 0) is 50.1 Å². The van der Waals surface area contributed by atoms with Crippen LogP contribution in [-0.4, -0.2) is 74.9 Å². The quantitative estimate of drug-likeness (QED) is 0.180. The minimum Gasteiger partial charge on any atom is -0.303 e. The number of piperidine rings is 1. The Morgan fingerprint density at radius 3 is 2.35 bits per heavy atom. The zero-order valence-electron chi connectivity index (χ0n) is 26.1. The first-order chi connectivity index (χ1) is 22.8. The monoisotopic (exact) mass is 689 g/mol. The summed E-state index contributed by atoms with van der Waals surface area (Å²) in [5.41, 5.74) is 2.67. The van der Waals surface area contributed by atoms with Gasteiger partial charge in [-0.15, -0.1) is 4.91 Å². The Morgan fingerprint density at radius 2 is 1.71 bits per heavy atom. The number of carbonyl (C=O) groups is 1. The number of aryl methyl sites for hydroxylation is 1. The molecule has 4 heterocycles. The third-order valence-electron chi connectivity index (χ3n) is 9.12. The Hall–Kier alpha value is -4.35. The second kappa shape index (κ2) is 13.3. The highest BCUT2D eigenvalue weighted by Crippen LogP contribution is 2.34. The van der Waals surface area contributed by atoms with E-state index in [0.717, 1.165) is 50.1 Å². The number of likely N-dealkylation sites (tertiary alicyclic amines) is 1. The molecule has 1 fully saturated rings. The maximum absolute atomic E-state index is 13.4. The highest BCUT2D eigenvalue weighted by Gasteiger charge is 2.32. The van der Waals surface area contributed by atoms with Gasteiger partial charge in [-0.2, -0.15) is 22.6 Å². The fourth-order valence-corrected chi connectivity index (χ4v) is 7.55. The van der Waals surface area contributed by atoms with E-state index in [9.17, 15) is 36.1 Å². The van der Waals surface area contributed by atoms with Gasteiger partial charge in [0.25, 0.3) is 0 Å². The number of para-hydroxylation sites is 2. The van der Waals surface area contributed by atoms with Crippen molar-refractivity contribution in [3.8, 4) is 11.3 Å². The molecule has 0 N–H and O–H groups in total. The number of sulfonamides is 1. The molecule has 0 unspecified atom stereocenters. The molecule has 13 nitrogen and oxygen atoms in total. The van der Waals surface area contributed by atoms with Crippen LogP contribution in [0.3, 0.4) is 0 Å². The van der Waals surface area contributed by atoms with Crippen LogP contribution in [0.15, 0.2) is 58.7 Å². The number of rotatable bonds is 10. The van der Waals surface area contributed by atoms with Crippen LogP contribution in [0, 0.1) is 4.91 Å². The van der Waals surface area contributed by atoms with Crippen LogP contribution >= 0.6 is 0 Å². The van der Waals surface area contributed by atoms with Gasteiger partial charge in [-0.25, -0.2) is 18.0 Å². The molecule has 2 aromatic carbocycles. The van der Waals surface area contributed by atoms with Crippen molar-refractivity contribution in [2.24, 2.45) is 5.34 Å². The summed E-state index contributed by atoms with van der Waals surface area (Å²) in [6.45, 7) is 2.70. The van der Waals surface area contributed by atoms with E-state index in [0.29, 0.717) is 60.2 Å². The summed E-state index contributed by atoms with van der Waals surface area (Å²) in [5, 5.41) is 6.93. The van der Waals surface area contributed by atoms with Gasteiger partial charge in [-0.3, -0.25) is 18.7 Å². The molecule has 2 aliphatic heterocycles. The first-order valence-corrected chi connectivity index (χ1v) is 17.4. The maximum atomic E-state index is 13.4. The van der Waals surface area contributed by atoms with E-state index < -0.39 is 34.3 Å². The van der Waals surface area contributed by atoms with Gasteiger partial charge in [0.2, 0.25) is 10.0 Å². The standard InChI is InChI=1S/C31H34F3N7O6S/c1-48(45,46)38-18-13-25-24(19-38)29(21-7-9-22(10-8-21)31(32,33)34)35-40(25)15-4-14-37-16-11-23(12-17-37)41-27-6-3-2-5-26(27)39(30(41)43)20-28(42)47-36-44/h2-3,5-10,23H,4,11-20H2,1H3. The molecule has 0 bridgehead atoms. The normalized spacial score (nSPS) is 16.7. The zero-order chi connectivity index (χ0) is 34.2. The average Bonchev–Trinajstić information content (AvgIpc) is 3.55. The Balaban J connectivity index is 1.14. The Morgan fingerprint density at radius 1 is 1.02 bits per heavy atom. The van der Waals surface area contributed by atoms with Gasteiger partial charge >= 0.3 is 17.8 Å². The number of hydrogen-bond donors (Lipinski definition) is 0. The molecule has 2 aliphatic rings. The topological polar surface area (TPSA) is 141 Å². The van der Waals surface area contributed by atoms with Gasteiger partial charge in [0.05, 0.1) is 28.5 Å². The van der Waals surface area contributed by atoms with Crippen LogP contribution in [0.5, 0.6) is 0 Å². The lowest BCUT2D eigenvalue weighted by Crippen LogP contribution is -2.39. The number of hydrogen-bond acceptors (Lipinski definition) is 9. The Kier molecular flexibility index (Phi) is 9.28. The summed E-state index contributed by atoms with van der Waals surface area (Å²) in [6.07, 6.45) is -0.767. The van der Waals surface area contributed by atoms with Crippen LogP contribution < -0.4 is 5.69 Å². The molecule has 17 heteroatoms. The average molecular weight is 690 g/mol. The largest absolute Gasteiger partial charge is 0.416 e. The summed E-state index contributed by atoms with van der Waals surface area (Å²) in [5.74, 6) is -0.928. The molecule has 0 amide bonds. The third-order valence-corrected chi connectivity index (χ3v) is 10.4. The number of alkyl halides is 3. The zero-order valence-corrected chi connectivity index (χ0v) is 26.9. The second-order valence-electron chi connectivity index (χ2n) is 12.1. The van der Waals surface area contributed by atoms with Crippen LogP contribution in [0.4, 0.5) is 13.2 Å². The van der Waals surface area contributed by atoms with E-state index in [1.807, 2.05) is 16.8 Å². The summed E-state index contributed by atoms with van der Waals surface area (Å²) < 4.78 is 70.4. The lowest BCUT2D eigenvalue weighted by Gasteiger charge is -2.32. The first-order valence-electron chi connectivity index (χ1n) is 15.5. The highest BCUT2D eigenvalue weighted by molar-refractivity contribution is 7.88. The molecule has 0 saturated carbocycles. The molecule has 0 radical (unpaired) electrons. The molecule has 2 aromatic heterocycles. The SMILES string of the molecule is CS(=O)(=O)N1CCc2c(c(-c3ccc(C(F)(F)F)cc3)nn2CCCN2CCC(n3c(=O)n(CC(=O)ON=O)c4ccccc43)CC2)C1. The summed E-state index contributed by atoms with van der Waals surface area (Å²) in [7, 11) is -3.48. The summed E-state index contributed by atoms with van der Waals surface area (Å²) in [6, 6.07) is 11.8. The minimum atomic E-state index is -4.47. The molecule has 4 aromatic rings. The molecule has 256 valence electrons. The van der Waals surface area contributed by atoms with Gasteiger partial charge in [0.15, 0.2) is 5.34 Å². The van der Waals surface area contributed by atoms with Crippen molar-refractivity contribution in [1.29, 1.82) is 0 Å². The molecule has 1 saturated heterocycles. The predicted molar refractivity (Wildman–Crippen MR) is 169 cm³/mol. The van der Waals surface area contributed by atoms with E-state index in [2.05, 4.69) is 15.1 Å². The molecule has 0 atom stereocenters. The summed E-state index contributed by atoms with van der Waals surface area (Å²) >= 11 is 0. The lowest BCUT2D eigenvalue weighted by atomic mass is 10.0. The van der Waals surface area contributed by atoms with Crippen molar-refractivity contribution in [3.05, 3.63) is 80.7 Å². The molecular formula is C31H34F3N7O6S. The Labute approximate surface area is 273 Å². The van der Waals surface area contributed by atoms with Crippen molar-refractivity contribution in [2.75, 3.05) is 32.4 Å². The van der Waals surface area contributed by atoms with E-state index in [1.165, 1.54) is 21.0 Å². The fourth-order valence-electron chi connectivity index (χ4n) is 6.77. The lowest BCUT2D eigenvalue weighted by molar-refractivity contribution is -0.144. The number of benzene rings is 2. The molecule has 48 heavy (non-hydrogen) atoms. The Bertz CT molecular complexity index is 2000. The van der Waals surface area contributed by atoms with E-state index in [1.54, 1.807) is 16.7 Å². The van der Waals surface area contributed by atoms with E-state index >= 15 is 0 Å². The van der Waals surface area contributed by atoms with Crippen LogP contribution in [0.1, 0.15) is 42.1 Å². The maximum Gasteiger partial charge on any atom is 0.416 e. The molecule has 0 aliphatic carbocycles. The smallest absolute Gasteiger partial charge is 0.303 e. The minimum absolute atomic E-state index is 0.0951. The van der Waals surface area contributed by atoms with Crippen LogP contribution in [0.2, 0.25) is 0 Å². The van der Waals surface area contributed by atoms with Gasteiger partial charge in [0.1, 0.15) is 6.54 Å². The molecular weight excluding hydrogens is 655 g/mol. The van der Waals surface area contributed by atoms with Crippen molar-refractivity contribution in [1.82, 2.24) is 28.1 Å². The first kappa shape index (κ1) is 33.5. The number of nitrogens with zero attached hydrogens (tertiary/aromatic N) is 7. The van der Waals surface area contributed by atoms with Gasteiger partial charge in [-0.1, -0.05) is 24.3 Å². The number of halogens is 3. The molecule has 6 rings (SSSR count). The number of aromatic nitrogens is 4. The third kappa shape index (κ3) is 6.79. The molecule has 0 spiro atoms. The summed E-state index contributed by atoms with van der Waals surface area (Å²) in [4.78, 5) is 42.1. The van der Waals surface area contributed by atoms with E-state index in [-0.39, 0.29) is 18.3 Å². The van der Waals surface area contributed by atoms with Crippen molar-refractivity contribution in [3.63, 3.8) is 0 Å². The highest BCUT2D eigenvalue weighted by atomic mass is 32.2. The number of imidazole rings is 1. The predicted octanol–water partition coefficient (Wildman–Crippen LogP) is 3.95. The number of fused-ring (bicyclic) bond motifs is 2. The van der Waals surface area contributed by atoms with E-state index in [4.69, 9.17) is 5.10 Å². The van der Waals surface area contributed by atoms with Crippen molar-refractivity contribution >= 4 is 27.0 Å². The van der Waals surface area contributed by atoms with Crippen LogP contribution in [0.25, 0.3) is 22.3 Å². The van der Waals surface area contributed by atoms with Crippen molar-refractivity contribution in [2.45, 2.75) is 57.5 Å². The van der Waals surface area contributed by atoms with Crippen molar-refractivity contribution < 1.29 is 31.2 Å². The number of carbonyl (C=O) groups excluding carboxylic acids is 1. The van der Waals surface area contributed by atoms with Gasteiger partial charge in [0, 0.05) is 62.0 Å². The van der Waals surface area contributed by atoms with Crippen LogP contribution in [-0.2, 0) is 51.9 Å².